The molecule has 0 aliphatic carbocycles. The summed E-state index contributed by atoms with van der Waals surface area (Å²) in [6.07, 6.45) is 4.41. The third-order valence-corrected chi connectivity index (χ3v) is 6.91. The zero-order chi connectivity index (χ0) is 22.2. The van der Waals surface area contributed by atoms with Gasteiger partial charge in [-0.05, 0) is 60.6 Å². The van der Waals surface area contributed by atoms with Crippen LogP contribution < -0.4 is 10.2 Å². The van der Waals surface area contributed by atoms with Crippen molar-refractivity contribution in [1.29, 1.82) is 0 Å². The molecule has 3 aromatic rings. The van der Waals surface area contributed by atoms with E-state index in [0.717, 1.165) is 36.1 Å². The Balaban J connectivity index is 2.04. The average molecular weight is 434 g/mol. The van der Waals surface area contributed by atoms with Crippen LogP contribution in [0.3, 0.4) is 0 Å². The monoisotopic (exact) mass is 433 g/mol. The summed E-state index contributed by atoms with van der Waals surface area (Å²) in [4.78, 5) is 19.1. The number of aryl methyl sites for hydroxylation is 2. The topological polar surface area (TPSA) is 39.2 Å². The molecule has 1 unspecified atom stereocenters. The predicted molar refractivity (Wildman–Crippen MR) is 130 cm³/mol. The molecular weight excluding hydrogens is 402 g/mol. The minimum atomic E-state index is -0.0260. The van der Waals surface area contributed by atoms with Crippen LogP contribution in [0, 0.1) is 0 Å². The van der Waals surface area contributed by atoms with Crippen molar-refractivity contribution in [1.82, 2.24) is 4.98 Å². The molecule has 3 nitrogen and oxygen atoms in total. The van der Waals surface area contributed by atoms with E-state index >= 15 is 0 Å². The van der Waals surface area contributed by atoms with E-state index in [1.54, 1.807) is 18.9 Å². The molecule has 0 saturated carbocycles. The first-order valence-corrected chi connectivity index (χ1v) is 11.8. The van der Waals surface area contributed by atoms with Crippen LogP contribution in [-0.4, -0.2) is 12.1 Å². The maximum absolute atomic E-state index is 13.4. The van der Waals surface area contributed by atoms with Gasteiger partial charge in [0, 0.05) is 27.6 Å². The van der Waals surface area contributed by atoms with Gasteiger partial charge >= 0.3 is 0 Å². The number of hydrogen-bond acceptors (Lipinski definition) is 4. The van der Waals surface area contributed by atoms with Gasteiger partial charge in [-0.2, -0.15) is 0 Å². The molecule has 1 atom stereocenters. The summed E-state index contributed by atoms with van der Waals surface area (Å²) in [6, 6.07) is 20.4. The van der Waals surface area contributed by atoms with Crippen molar-refractivity contribution in [3.63, 3.8) is 0 Å². The van der Waals surface area contributed by atoms with Crippen molar-refractivity contribution in [3.8, 4) is 5.75 Å². The minimum absolute atomic E-state index is 0.00326. The quantitative estimate of drug-likeness (QED) is 0.356. The van der Waals surface area contributed by atoms with Crippen LogP contribution in [0.25, 0.3) is 0 Å². The van der Waals surface area contributed by atoms with Crippen LogP contribution in [0.15, 0.2) is 76.6 Å². The van der Waals surface area contributed by atoms with Crippen LogP contribution in [-0.2, 0) is 12.8 Å². The van der Waals surface area contributed by atoms with Crippen LogP contribution >= 0.6 is 11.8 Å². The van der Waals surface area contributed by atoms with Crippen molar-refractivity contribution >= 4 is 11.8 Å². The maximum Gasteiger partial charge on any atom is 0.224 e. The summed E-state index contributed by atoms with van der Waals surface area (Å²) in [7, 11) is 1.58. The Morgan fingerprint density at radius 3 is 2.48 bits per heavy atom. The second kappa shape index (κ2) is 11.1. The van der Waals surface area contributed by atoms with Gasteiger partial charge in [0.15, 0.2) is 5.75 Å². The zero-order valence-corrected chi connectivity index (χ0v) is 19.6. The second-order valence-electron chi connectivity index (χ2n) is 7.91. The molecule has 1 aromatic heterocycles. The Labute approximate surface area is 189 Å². The van der Waals surface area contributed by atoms with Crippen molar-refractivity contribution in [2.24, 2.45) is 0 Å². The highest BCUT2D eigenvalue weighted by atomic mass is 32.2. The number of nitrogens with zero attached hydrogens (tertiary/aromatic N) is 1. The van der Waals surface area contributed by atoms with E-state index in [1.165, 1.54) is 10.5 Å². The number of hydrogen-bond donors (Lipinski definition) is 0. The van der Waals surface area contributed by atoms with Gasteiger partial charge in [0.05, 0.1) is 7.11 Å². The summed E-state index contributed by atoms with van der Waals surface area (Å²) in [6.45, 7) is 6.43. The molecule has 0 radical (unpaired) electrons. The first kappa shape index (κ1) is 23.1. The lowest BCUT2D eigenvalue weighted by Gasteiger charge is -2.18. The summed E-state index contributed by atoms with van der Waals surface area (Å²) < 4.78 is 5.51. The van der Waals surface area contributed by atoms with Gasteiger partial charge in [0.1, 0.15) is 0 Å². The maximum atomic E-state index is 13.4. The smallest absolute Gasteiger partial charge is 0.224 e. The lowest BCUT2D eigenvalue weighted by Crippen LogP contribution is -2.12. The fourth-order valence-corrected chi connectivity index (χ4v) is 4.98. The largest absolute Gasteiger partial charge is 0.493 e. The lowest BCUT2D eigenvalue weighted by atomic mass is 10.1. The van der Waals surface area contributed by atoms with E-state index in [9.17, 15) is 4.79 Å². The molecule has 2 aromatic carbocycles. The van der Waals surface area contributed by atoms with E-state index in [-0.39, 0.29) is 10.7 Å². The first-order valence-electron chi connectivity index (χ1n) is 10.9. The molecular formula is C27H31NO2S. The fraction of sp³-hybridized carbons (Fsp3) is 0.333. The Kier molecular flexibility index (Phi) is 8.30. The highest BCUT2D eigenvalue weighted by molar-refractivity contribution is 7.99. The van der Waals surface area contributed by atoms with Crippen molar-refractivity contribution in [2.75, 3.05) is 7.11 Å². The van der Waals surface area contributed by atoms with Crippen LogP contribution in [0.5, 0.6) is 5.75 Å². The molecule has 1 heterocycles. The molecule has 0 aliphatic heterocycles. The molecule has 0 aliphatic rings. The third kappa shape index (κ3) is 5.98. The van der Waals surface area contributed by atoms with Crippen LogP contribution in [0.1, 0.15) is 60.7 Å². The van der Waals surface area contributed by atoms with Crippen LogP contribution in [0.4, 0.5) is 0 Å². The number of benzene rings is 1. The van der Waals surface area contributed by atoms with Crippen molar-refractivity contribution < 1.29 is 4.74 Å². The van der Waals surface area contributed by atoms with Crippen molar-refractivity contribution in [2.45, 2.75) is 56.1 Å². The zero-order valence-electron chi connectivity index (χ0n) is 18.8. The number of ether oxygens (including phenoxy) is 1. The fourth-order valence-electron chi connectivity index (χ4n) is 3.60. The van der Waals surface area contributed by atoms with E-state index in [2.05, 4.69) is 56.1 Å². The van der Waals surface area contributed by atoms with Gasteiger partial charge in [0.25, 0.3) is 0 Å². The van der Waals surface area contributed by atoms with E-state index in [1.807, 2.05) is 36.5 Å². The van der Waals surface area contributed by atoms with Gasteiger partial charge in [-0.3, -0.25) is 9.78 Å². The predicted octanol–water partition coefficient (Wildman–Crippen LogP) is 6.60. The van der Waals surface area contributed by atoms with E-state index < -0.39 is 0 Å². The molecule has 162 valence electrons. The van der Waals surface area contributed by atoms with Crippen LogP contribution in [0.2, 0.25) is 0 Å². The third-order valence-electron chi connectivity index (χ3n) is 5.48. The average Bonchev–Trinajstić information content (AvgIpc) is 2.96. The molecule has 0 spiro atoms. The highest BCUT2D eigenvalue weighted by Crippen LogP contribution is 2.39. The number of aromatic nitrogens is 1. The van der Waals surface area contributed by atoms with Crippen molar-refractivity contribution in [3.05, 3.63) is 99.5 Å². The van der Waals surface area contributed by atoms with Gasteiger partial charge in [-0.15, -0.1) is 11.8 Å². The molecule has 0 amide bonds. The molecule has 0 bridgehead atoms. The number of rotatable bonds is 9. The van der Waals surface area contributed by atoms with E-state index in [0.29, 0.717) is 11.7 Å². The Bertz CT molecular complexity index is 1050. The molecule has 0 N–H and O–H groups in total. The first-order chi connectivity index (χ1) is 15.0. The Hall–Kier alpha value is -2.59. The SMILES string of the molecule is CCc1ccccc1SC(CCc1ccccn1)c1ccc(C(C)C)cc(OC)c1=O. The summed E-state index contributed by atoms with van der Waals surface area (Å²) in [5, 5.41) is 0.00326. The van der Waals surface area contributed by atoms with E-state index in [4.69, 9.17) is 4.74 Å². The van der Waals surface area contributed by atoms with Gasteiger partial charge in [-0.1, -0.05) is 57.2 Å². The Morgan fingerprint density at radius 2 is 1.81 bits per heavy atom. The number of thioether (sulfide) groups is 1. The molecule has 0 fully saturated rings. The highest BCUT2D eigenvalue weighted by Gasteiger charge is 2.20. The molecule has 3 rings (SSSR count). The van der Waals surface area contributed by atoms with Gasteiger partial charge in [-0.25, -0.2) is 0 Å². The summed E-state index contributed by atoms with van der Waals surface area (Å²) in [5.74, 6) is 0.727. The summed E-state index contributed by atoms with van der Waals surface area (Å²) >= 11 is 1.77. The second-order valence-corrected chi connectivity index (χ2v) is 9.16. The number of pyridine rings is 1. The van der Waals surface area contributed by atoms with Gasteiger partial charge in [0.2, 0.25) is 5.43 Å². The molecule has 31 heavy (non-hydrogen) atoms. The minimum Gasteiger partial charge on any atom is -0.493 e. The number of methoxy groups -OCH3 is 1. The Morgan fingerprint density at radius 1 is 1.03 bits per heavy atom. The normalized spacial score (nSPS) is 12.0. The molecule has 4 heteroatoms. The standard InChI is InChI=1S/C27H31NO2S/c1-5-20-10-6-7-12-25(20)31-26(16-14-22-11-8-9-17-28-22)23-15-13-21(19(2)3)18-24(30-4)27(23)29/h6-13,15,17-19,26H,5,14,16H2,1-4H3. The molecule has 0 saturated heterocycles. The van der Waals surface area contributed by atoms with Gasteiger partial charge < -0.3 is 4.74 Å². The summed E-state index contributed by atoms with van der Waals surface area (Å²) in [5.41, 5.74) is 4.21. The lowest BCUT2D eigenvalue weighted by molar-refractivity contribution is 0.410.